The fourth-order valence-electron chi connectivity index (χ4n) is 2.95. The highest BCUT2D eigenvalue weighted by Crippen LogP contribution is 2.25. The zero-order valence-electron chi connectivity index (χ0n) is 12.5. The summed E-state index contributed by atoms with van der Waals surface area (Å²) in [5.74, 6) is 1.49. The predicted molar refractivity (Wildman–Crippen MR) is 76.4 cm³/mol. The van der Waals surface area contributed by atoms with Crippen molar-refractivity contribution >= 4 is 0 Å². The Bertz CT molecular complexity index is 195. The molecule has 1 atom stereocenters. The molecule has 0 aromatic heterocycles. The molecule has 1 unspecified atom stereocenters. The van der Waals surface area contributed by atoms with Crippen molar-refractivity contribution in [2.75, 3.05) is 20.1 Å². The molecule has 0 bridgehead atoms. The van der Waals surface area contributed by atoms with E-state index in [1.807, 2.05) is 0 Å². The molecule has 1 fully saturated rings. The first-order chi connectivity index (χ1) is 8.02. The monoisotopic (exact) mass is 240 g/mol. The molecule has 1 N–H and O–H groups in total. The lowest BCUT2D eigenvalue weighted by Gasteiger charge is -2.36. The van der Waals surface area contributed by atoms with E-state index in [4.69, 9.17) is 0 Å². The lowest BCUT2D eigenvalue weighted by atomic mass is 10.00. The average molecular weight is 240 g/mol. The van der Waals surface area contributed by atoms with Gasteiger partial charge in [0.1, 0.15) is 0 Å². The summed E-state index contributed by atoms with van der Waals surface area (Å²) in [6, 6.07) is 1.53. The van der Waals surface area contributed by atoms with Gasteiger partial charge in [-0.05, 0) is 38.3 Å². The number of rotatable bonds is 7. The molecule has 1 aliphatic rings. The molecule has 2 nitrogen and oxygen atoms in total. The van der Waals surface area contributed by atoms with Gasteiger partial charge in [0.2, 0.25) is 0 Å². The number of likely N-dealkylation sites (N-methyl/N-ethyl adjacent to an activating group) is 1. The Labute approximate surface area is 108 Å². The molecular weight excluding hydrogens is 208 g/mol. The van der Waals surface area contributed by atoms with Gasteiger partial charge in [-0.15, -0.1) is 0 Å². The molecule has 102 valence electrons. The molecule has 0 spiro atoms. The second-order valence-electron chi connectivity index (χ2n) is 6.47. The maximum absolute atomic E-state index is 3.63. The zero-order valence-corrected chi connectivity index (χ0v) is 12.5. The summed E-state index contributed by atoms with van der Waals surface area (Å²) in [6.45, 7) is 11.5. The van der Waals surface area contributed by atoms with Crippen molar-refractivity contribution in [3.63, 3.8) is 0 Å². The van der Waals surface area contributed by atoms with Crippen LogP contribution >= 0.6 is 0 Å². The Morgan fingerprint density at radius 3 is 2.12 bits per heavy atom. The topological polar surface area (TPSA) is 15.3 Å². The van der Waals surface area contributed by atoms with Crippen molar-refractivity contribution in [2.45, 2.75) is 65.5 Å². The van der Waals surface area contributed by atoms with Gasteiger partial charge in [0.25, 0.3) is 0 Å². The van der Waals surface area contributed by atoms with Crippen molar-refractivity contribution in [3.8, 4) is 0 Å². The summed E-state index contributed by atoms with van der Waals surface area (Å²) < 4.78 is 0. The van der Waals surface area contributed by atoms with Gasteiger partial charge in [0, 0.05) is 18.6 Å². The van der Waals surface area contributed by atoms with Crippen molar-refractivity contribution in [1.82, 2.24) is 10.2 Å². The molecule has 0 aliphatic heterocycles. The van der Waals surface area contributed by atoms with Crippen molar-refractivity contribution in [3.05, 3.63) is 0 Å². The van der Waals surface area contributed by atoms with E-state index in [1.165, 1.54) is 25.7 Å². The fourth-order valence-corrected chi connectivity index (χ4v) is 2.95. The van der Waals surface area contributed by atoms with Crippen LogP contribution in [0.5, 0.6) is 0 Å². The molecule has 1 rings (SSSR count). The van der Waals surface area contributed by atoms with Crippen LogP contribution in [0.25, 0.3) is 0 Å². The van der Waals surface area contributed by atoms with E-state index in [1.54, 1.807) is 0 Å². The minimum atomic E-state index is 0.692. The van der Waals surface area contributed by atoms with Crippen LogP contribution in [0.15, 0.2) is 0 Å². The number of nitrogens with zero attached hydrogens (tertiary/aromatic N) is 1. The van der Waals surface area contributed by atoms with Crippen LogP contribution in [0.3, 0.4) is 0 Å². The normalized spacial score (nSPS) is 19.8. The van der Waals surface area contributed by atoms with Crippen LogP contribution in [-0.2, 0) is 0 Å². The van der Waals surface area contributed by atoms with Crippen LogP contribution in [0.2, 0.25) is 0 Å². The highest BCUT2D eigenvalue weighted by Gasteiger charge is 2.27. The van der Waals surface area contributed by atoms with Gasteiger partial charge in [-0.2, -0.15) is 0 Å². The van der Waals surface area contributed by atoms with Gasteiger partial charge < -0.3 is 5.32 Å². The first-order valence-corrected chi connectivity index (χ1v) is 7.45. The fraction of sp³-hybridized carbons (Fsp3) is 1.00. The minimum absolute atomic E-state index is 0.692. The molecular formula is C15H32N2. The quantitative estimate of drug-likeness (QED) is 0.735. The van der Waals surface area contributed by atoms with E-state index < -0.39 is 0 Å². The first kappa shape index (κ1) is 15.0. The summed E-state index contributed by atoms with van der Waals surface area (Å²) in [6.07, 6.45) is 5.67. The van der Waals surface area contributed by atoms with Crippen molar-refractivity contribution in [1.29, 1.82) is 0 Å². The SMILES string of the molecule is CC(C)CNCC(C(C)C)N(C)C1CCCC1. The van der Waals surface area contributed by atoms with Crippen LogP contribution < -0.4 is 5.32 Å². The lowest BCUT2D eigenvalue weighted by Crippen LogP contribution is -2.48. The first-order valence-electron chi connectivity index (χ1n) is 7.45. The smallest absolute Gasteiger partial charge is 0.0243 e. The van der Waals surface area contributed by atoms with E-state index in [0.29, 0.717) is 6.04 Å². The summed E-state index contributed by atoms with van der Waals surface area (Å²) in [7, 11) is 2.33. The molecule has 0 saturated heterocycles. The van der Waals surface area contributed by atoms with Gasteiger partial charge in [-0.3, -0.25) is 4.90 Å². The second kappa shape index (κ2) is 7.38. The maximum atomic E-state index is 3.63. The van der Waals surface area contributed by atoms with Gasteiger partial charge in [0.15, 0.2) is 0 Å². The molecule has 0 aromatic carbocycles. The Morgan fingerprint density at radius 2 is 1.65 bits per heavy atom. The third kappa shape index (κ3) is 4.97. The molecule has 2 heteroatoms. The molecule has 0 radical (unpaired) electrons. The Morgan fingerprint density at radius 1 is 1.06 bits per heavy atom. The van der Waals surface area contributed by atoms with Gasteiger partial charge >= 0.3 is 0 Å². The summed E-state index contributed by atoms with van der Waals surface area (Å²) in [5.41, 5.74) is 0. The molecule has 1 saturated carbocycles. The van der Waals surface area contributed by atoms with Gasteiger partial charge in [-0.1, -0.05) is 40.5 Å². The van der Waals surface area contributed by atoms with Crippen LogP contribution in [0, 0.1) is 11.8 Å². The van der Waals surface area contributed by atoms with E-state index in [9.17, 15) is 0 Å². The minimum Gasteiger partial charge on any atom is -0.315 e. The molecule has 17 heavy (non-hydrogen) atoms. The molecule has 1 aliphatic carbocycles. The summed E-state index contributed by atoms with van der Waals surface area (Å²) in [4.78, 5) is 2.64. The second-order valence-corrected chi connectivity index (χ2v) is 6.47. The number of hydrogen-bond acceptors (Lipinski definition) is 2. The van der Waals surface area contributed by atoms with Crippen molar-refractivity contribution in [2.24, 2.45) is 11.8 Å². The van der Waals surface area contributed by atoms with Gasteiger partial charge in [-0.25, -0.2) is 0 Å². The number of hydrogen-bond donors (Lipinski definition) is 1. The van der Waals surface area contributed by atoms with E-state index >= 15 is 0 Å². The highest BCUT2D eigenvalue weighted by atomic mass is 15.2. The third-order valence-electron chi connectivity index (χ3n) is 4.10. The maximum Gasteiger partial charge on any atom is 0.0243 e. The van der Waals surface area contributed by atoms with E-state index in [2.05, 4.69) is 45.0 Å². The third-order valence-corrected chi connectivity index (χ3v) is 4.10. The van der Waals surface area contributed by atoms with Crippen molar-refractivity contribution < 1.29 is 0 Å². The summed E-state index contributed by atoms with van der Waals surface area (Å²) >= 11 is 0. The standard InChI is InChI=1S/C15H32N2/c1-12(2)10-16-11-15(13(3)4)17(5)14-8-6-7-9-14/h12-16H,6-11H2,1-5H3. The molecule has 0 amide bonds. The largest absolute Gasteiger partial charge is 0.315 e. The molecule has 0 heterocycles. The highest BCUT2D eigenvalue weighted by molar-refractivity contribution is 4.83. The zero-order chi connectivity index (χ0) is 12.8. The summed E-state index contributed by atoms with van der Waals surface area (Å²) in [5, 5.41) is 3.63. The van der Waals surface area contributed by atoms with Gasteiger partial charge in [0.05, 0.1) is 0 Å². The Kier molecular flexibility index (Phi) is 6.50. The van der Waals surface area contributed by atoms with Crippen LogP contribution in [-0.4, -0.2) is 37.1 Å². The van der Waals surface area contributed by atoms with Crippen LogP contribution in [0.4, 0.5) is 0 Å². The van der Waals surface area contributed by atoms with Crippen LogP contribution in [0.1, 0.15) is 53.4 Å². The Balaban J connectivity index is 2.40. The Hall–Kier alpha value is -0.0800. The molecule has 0 aromatic rings. The number of nitrogens with one attached hydrogen (secondary N) is 1. The van der Waals surface area contributed by atoms with E-state index in [-0.39, 0.29) is 0 Å². The average Bonchev–Trinajstić information content (AvgIpc) is 2.75. The predicted octanol–water partition coefficient (Wildman–Crippen LogP) is 3.13. The lowest BCUT2D eigenvalue weighted by molar-refractivity contribution is 0.134. The van der Waals surface area contributed by atoms with E-state index in [0.717, 1.165) is 31.0 Å².